The molecular formula is C84H88Br4Cl5N13O16S4. The van der Waals surface area contributed by atoms with E-state index in [4.69, 9.17) is 110 Å². The minimum absolute atomic E-state index is 0.00476. The predicted molar refractivity (Wildman–Crippen MR) is 500 cm³/mol. The highest BCUT2D eigenvalue weighted by molar-refractivity contribution is 9.11. The van der Waals surface area contributed by atoms with Crippen LogP contribution in [-0.4, -0.2) is 147 Å². The number of aromatic nitrogens is 12. The average Bonchev–Trinajstić information content (AvgIpc) is 1.55. The van der Waals surface area contributed by atoms with Crippen LogP contribution in [0.15, 0.2) is 116 Å². The Morgan fingerprint density at radius 2 is 0.984 bits per heavy atom. The zero-order valence-electron chi connectivity index (χ0n) is 70.8. The van der Waals surface area contributed by atoms with Crippen molar-refractivity contribution in [2.45, 2.75) is 157 Å². The molecule has 4 atom stereocenters. The number of hydrogen-bond acceptors (Lipinski definition) is 27. The standard InChI is InChI=1S/C25H22ClN5O5S.C22H22BrClN2O4S.C14H15BrCl2N2O2S.C14H16BrClN2O3S.C9H13BrN2O2/c1-12(2)30-21-19(28-22(30)14-10-27-25(34-4)29-23(14)33-3)24(32)31(20(21)17-7-8-18(26)37-17)13-5-6-15-16(9-13)36-11-35-15;1-4-28-21(27)19-20(26(12(2)3)22(23)25-19)14(17-7-8-18(24)31-17)9-13-5-6-15-16(10-13)30-11-29-15;1-4-21-13(20)11-12(19(7(2)3)14(15)18-11)10(17)8-5-6-9(16)22-8;1-4-21-13(20)10-11(18(7(2)3)14(15)17-10)12(19)8-5-6-9(16)22-8;1-4-14-8(13)7-5-12(6(2)3)9(10)11-7/h5-10,12,20H,11H2,1-4H3;5-8,10,12,14H,4,9,11H2,1-3H3;5-7,10H,4H2,1-3H3;5-7,12,19H,4H2,1-3H3;5-6H,4H2,1-3H3. The van der Waals surface area contributed by atoms with Crippen molar-refractivity contribution in [2.24, 2.45) is 0 Å². The van der Waals surface area contributed by atoms with E-state index >= 15 is 0 Å². The topological polar surface area (TPSA) is 316 Å². The van der Waals surface area contributed by atoms with Crippen LogP contribution in [0, 0.1) is 0 Å². The molecule has 3 aliphatic rings. The molecule has 672 valence electrons. The molecule has 0 bridgehead atoms. The SMILES string of the molecule is CCOC(=O)c1cn(C(C)C)c(Br)n1.CCOC(=O)c1nc(Br)n(C(C)C)c1C(Cc1ccc2c(c1)OCO2)c1ccc(Cl)s1.CCOC(=O)c1nc(Br)n(C(C)C)c1C(Cl)c1ccc(Cl)s1.CCOC(=O)c1nc(Br)n(C(C)C)c1C(O)c1ccc(Cl)s1.COc1ncc(-c2nc3c(n2C(C)C)C(c2ccc(Cl)s2)N(c2ccc4c(c2)OCO4)C3=O)c(OC)n1. The lowest BCUT2D eigenvalue weighted by Crippen LogP contribution is -2.29. The number of aliphatic hydroxyl groups excluding tert-OH is 1. The fourth-order valence-electron chi connectivity index (χ4n) is 13.7. The van der Waals surface area contributed by atoms with Gasteiger partial charge in [0.05, 0.1) is 86.3 Å². The zero-order valence-corrected chi connectivity index (χ0v) is 84.2. The molecule has 2 aromatic carbocycles. The molecular weight excluding hydrogens is 2070 g/mol. The number of aliphatic hydroxyl groups is 1. The summed E-state index contributed by atoms with van der Waals surface area (Å²) in [6.45, 7) is 28.7. The van der Waals surface area contributed by atoms with Crippen molar-refractivity contribution >= 4 is 203 Å². The summed E-state index contributed by atoms with van der Waals surface area (Å²) in [6, 6.07) is 26.2. The summed E-state index contributed by atoms with van der Waals surface area (Å²) in [6.07, 6.45) is 2.91. The van der Waals surface area contributed by atoms with Gasteiger partial charge in [-0.25, -0.2) is 49.1 Å². The van der Waals surface area contributed by atoms with E-state index in [1.165, 1.54) is 59.6 Å². The van der Waals surface area contributed by atoms with E-state index in [-0.39, 0.29) is 98.8 Å². The number of esters is 4. The van der Waals surface area contributed by atoms with Crippen LogP contribution in [-0.2, 0) is 25.4 Å². The van der Waals surface area contributed by atoms with Crippen LogP contribution in [0.4, 0.5) is 5.69 Å². The molecule has 0 saturated carbocycles. The quantitative estimate of drug-likeness (QED) is 0.0299. The van der Waals surface area contributed by atoms with Gasteiger partial charge in [0.15, 0.2) is 70.4 Å². The highest BCUT2D eigenvalue weighted by Gasteiger charge is 2.47. The lowest BCUT2D eigenvalue weighted by molar-refractivity contribution is 0.0505. The van der Waals surface area contributed by atoms with Crippen molar-refractivity contribution in [3.05, 3.63) is 210 Å². The molecule has 29 nitrogen and oxygen atoms in total. The molecule has 13 heterocycles. The smallest absolute Gasteiger partial charge is 0.358 e. The molecule has 42 heteroatoms. The van der Waals surface area contributed by atoms with Gasteiger partial charge in [0.2, 0.25) is 19.5 Å². The first-order valence-electron chi connectivity index (χ1n) is 39.4. The maximum Gasteiger partial charge on any atom is 0.358 e. The van der Waals surface area contributed by atoms with Crippen LogP contribution in [0.3, 0.4) is 0 Å². The van der Waals surface area contributed by atoms with Crippen LogP contribution in [0.1, 0.15) is 251 Å². The van der Waals surface area contributed by atoms with Crippen LogP contribution in [0.25, 0.3) is 11.4 Å². The van der Waals surface area contributed by atoms with Gasteiger partial charge in [-0.1, -0.05) is 52.5 Å². The van der Waals surface area contributed by atoms with Gasteiger partial charge in [0.25, 0.3) is 5.91 Å². The van der Waals surface area contributed by atoms with Crippen LogP contribution >= 0.6 is 167 Å². The van der Waals surface area contributed by atoms with Crippen LogP contribution < -0.4 is 33.3 Å². The van der Waals surface area contributed by atoms with E-state index in [1.54, 1.807) is 73.8 Å². The fourth-order valence-corrected chi connectivity index (χ4v) is 21.6. The summed E-state index contributed by atoms with van der Waals surface area (Å²) < 4.78 is 67.4. The summed E-state index contributed by atoms with van der Waals surface area (Å²) >= 11 is 50.3. The molecule has 12 aromatic rings. The molecule has 0 radical (unpaired) electrons. The molecule has 1 N–H and O–H groups in total. The van der Waals surface area contributed by atoms with Crippen molar-refractivity contribution < 1.29 is 76.4 Å². The molecule has 10 aromatic heterocycles. The monoisotopic (exact) mass is 2150 g/mol. The number of anilines is 1. The summed E-state index contributed by atoms with van der Waals surface area (Å²) in [7, 11) is 3.00. The second-order valence-corrected chi connectivity index (χ2v) is 39.1. The molecule has 1 amide bonds. The highest BCUT2D eigenvalue weighted by atomic mass is 79.9. The van der Waals surface area contributed by atoms with Gasteiger partial charge >= 0.3 is 29.9 Å². The number of carbonyl (C=O) groups is 5. The van der Waals surface area contributed by atoms with Crippen molar-refractivity contribution in [2.75, 3.05) is 59.1 Å². The maximum absolute atomic E-state index is 14.0. The Morgan fingerprint density at radius 3 is 1.47 bits per heavy atom. The first-order valence-corrected chi connectivity index (χ1v) is 47.7. The fraction of sp³-hybridized carbons (Fsp3) is 0.381. The van der Waals surface area contributed by atoms with E-state index in [1.807, 2.05) is 134 Å². The third kappa shape index (κ3) is 22.1. The molecule has 126 heavy (non-hydrogen) atoms. The number of amides is 1. The number of methoxy groups -OCH3 is 2. The van der Waals surface area contributed by atoms with E-state index in [0.717, 1.165) is 43.1 Å². The number of fused-ring (bicyclic) bond motifs is 3. The number of benzene rings is 2. The zero-order chi connectivity index (χ0) is 91.6. The first kappa shape index (κ1) is 98.4. The van der Waals surface area contributed by atoms with Gasteiger partial charge in [-0.15, -0.1) is 56.9 Å². The second-order valence-electron chi connectivity index (χ2n) is 28.8. The molecule has 4 unspecified atom stereocenters. The number of ether oxygens (including phenoxy) is 10. The molecule has 3 aliphatic heterocycles. The Hall–Kier alpha value is -8.15. The van der Waals surface area contributed by atoms with Gasteiger partial charge in [-0.05, 0) is 245 Å². The van der Waals surface area contributed by atoms with Gasteiger partial charge in [0, 0.05) is 79.8 Å². The minimum atomic E-state index is -1.00. The Morgan fingerprint density at radius 1 is 0.516 bits per heavy atom. The van der Waals surface area contributed by atoms with Crippen LogP contribution in [0.5, 0.6) is 34.9 Å². The molecule has 0 fully saturated rings. The number of carbonyl (C=O) groups excluding carboxylic acids is 5. The molecule has 15 rings (SSSR count). The molecule has 0 spiro atoms. The summed E-state index contributed by atoms with van der Waals surface area (Å²) in [4.78, 5) is 98.2. The van der Waals surface area contributed by atoms with E-state index < -0.39 is 35.4 Å². The van der Waals surface area contributed by atoms with Crippen LogP contribution in [0.2, 0.25) is 17.3 Å². The van der Waals surface area contributed by atoms with Gasteiger partial charge < -0.3 is 75.3 Å². The Kier molecular flexibility index (Phi) is 34.4. The van der Waals surface area contributed by atoms with Crippen molar-refractivity contribution in [1.82, 2.24) is 57.7 Å². The number of rotatable bonds is 26. The second kappa shape index (κ2) is 44.0. The van der Waals surface area contributed by atoms with Crippen molar-refractivity contribution in [3.8, 4) is 46.3 Å². The summed E-state index contributed by atoms with van der Waals surface area (Å²) in [5.74, 6) is 1.28. The number of nitrogens with zero attached hydrogens (tertiary/aromatic N) is 13. The number of hydrogen-bond donors (Lipinski definition) is 1. The van der Waals surface area contributed by atoms with E-state index in [0.29, 0.717) is 117 Å². The molecule has 0 saturated heterocycles. The third-order valence-corrected chi connectivity index (χ3v) is 27.0. The number of alkyl halides is 1. The summed E-state index contributed by atoms with van der Waals surface area (Å²) in [5, 5.41) is 10.2. The molecule has 0 aliphatic carbocycles. The Labute approximate surface area is 801 Å². The van der Waals surface area contributed by atoms with Crippen molar-refractivity contribution in [3.63, 3.8) is 0 Å². The summed E-state index contributed by atoms with van der Waals surface area (Å²) in [5.41, 5.74) is 6.19. The highest BCUT2D eigenvalue weighted by Crippen LogP contribution is 2.51. The number of imidazole rings is 5. The number of thiophene rings is 4. The Bertz CT molecular complexity index is 5780. The average molecular weight is 2160 g/mol. The largest absolute Gasteiger partial charge is 0.480 e. The minimum Gasteiger partial charge on any atom is -0.480 e. The third-order valence-electron chi connectivity index (χ3n) is 19.0. The number of halogens is 9. The van der Waals surface area contributed by atoms with Gasteiger partial charge in [-0.3, -0.25) is 9.69 Å². The normalized spacial score (nSPS) is 13.7. The maximum atomic E-state index is 14.0. The lowest BCUT2D eigenvalue weighted by atomic mass is 9.92. The first-order chi connectivity index (χ1) is 60.1. The predicted octanol–water partition coefficient (Wildman–Crippen LogP) is 23.4. The van der Waals surface area contributed by atoms with E-state index in [2.05, 4.69) is 107 Å². The lowest BCUT2D eigenvalue weighted by Gasteiger charge is -2.27. The van der Waals surface area contributed by atoms with E-state index in [9.17, 15) is 29.1 Å². The Balaban J connectivity index is 0.000000158. The van der Waals surface area contributed by atoms with Gasteiger partial charge in [-0.2, -0.15) is 4.98 Å². The van der Waals surface area contributed by atoms with Crippen molar-refractivity contribution in [1.29, 1.82) is 0 Å². The van der Waals surface area contributed by atoms with Gasteiger partial charge in [0.1, 0.15) is 23.3 Å².